The van der Waals surface area contributed by atoms with Crippen molar-refractivity contribution in [3.63, 3.8) is 0 Å². The summed E-state index contributed by atoms with van der Waals surface area (Å²) in [5.74, 6) is -0.0542. The highest BCUT2D eigenvalue weighted by Crippen LogP contribution is 2.41. The Bertz CT molecular complexity index is 626. The van der Waals surface area contributed by atoms with Crippen LogP contribution in [-0.2, 0) is 0 Å². The van der Waals surface area contributed by atoms with E-state index >= 15 is 0 Å². The zero-order valence-electron chi connectivity index (χ0n) is 11.4. The van der Waals surface area contributed by atoms with Crippen molar-refractivity contribution in [2.45, 2.75) is 24.8 Å². The topological polar surface area (TPSA) is 12.0 Å². The van der Waals surface area contributed by atoms with Crippen LogP contribution < -0.4 is 5.32 Å². The molecule has 0 heterocycles. The Morgan fingerprint density at radius 1 is 1.10 bits per heavy atom. The van der Waals surface area contributed by atoms with Crippen LogP contribution in [0.2, 0.25) is 5.02 Å². The maximum Gasteiger partial charge on any atom is 0.141 e. The van der Waals surface area contributed by atoms with Gasteiger partial charge in [0.1, 0.15) is 5.82 Å². The minimum absolute atomic E-state index is 0.204. The van der Waals surface area contributed by atoms with Crippen molar-refractivity contribution in [1.29, 1.82) is 0 Å². The number of rotatable bonds is 2. The second-order valence-electron chi connectivity index (χ2n) is 5.27. The lowest BCUT2D eigenvalue weighted by Gasteiger charge is -2.31. The average molecular weight is 290 g/mol. The Morgan fingerprint density at radius 2 is 1.85 bits per heavy atom. The molecule has 0 fully saturated rings. The Balaban J connectivity index is 2.05. The van der Waals surface area contributed by atoms with Crippen molar-refractivity contribution >= 4 is 11.6 Å². The molecule has 2 atom stereocenters. The first-order chi connectivity index (χ1) is 9.70. The molecule has 1 N–H and O–H groups in total. The third-order valence-electron chi connectivity index (χ3n) is 4.19. The maximum absolute atomic E-state index is 13.3. The summed E-state index contributed by atoms with van der Waals surface area (Å²) < 4.78 is 13.3. The largest absolute Gasteiger partial charge is 0.313 e. The molecule has 0 spiro atoms. The van der Waals surface area contributed by atoms with Gasteiger partial charge in [0.25, 0.3) is 0 Å². The van der Waals surface area contributed by atoms with Gasteiger partial charge < -0.3 is 5.32 Å². The lowest BCUT2D eigenvalue weighted by molar-refractivity contribution is 0.470. The number of halogens is 2. The highest BCUT2D eigenvalue weighted by molar-refractivity contribution is 6.30. The molecule has 3 rings (SSSR count). The third-order valence-corrected chi connectivity index (χ3v) is 4.47. The number of benzene rings is 2. The molecule has 1 aliphatic rings. The van der Waals surface area contributed by atoms with Crippen LogP contribution >= 0.6 is 11.6 Å². The molecule has 1 aliphatic carbocycles. The summed E-state index contributed by atoms with van der Waals surface area (Å²) in [6.07, 6.45) is 2.12. The first-order valence-electron chi connectivity index (χ1n) is 6.91. The van der Waals surface area contributed by atoms with Crippen molar-refractivity contribution in [2.75, 3.05) is 7.05 Å². The van der Waals surface area contributed by atoms with Gasteiger partial charge in [-0.25, -0.2) is 4.39 Å². The monoisotopic (exact) mass is 289 g/mol. The smallest absolute Gasteiger partial charge is 0.141 e. The fourth-order valence-electron chi connectivity index (χ4n) is 3.17. The van der Waals surface area contributed by atoms with Crippen LogP contribution in [0.4, 0.5) is 4.39 Å². The first-order valence-corrected chi connectivity index (χ1v) is 7.29. The third kappa shape index (κ3) is 2.34. The van der Waals surface area contributed by atoms with Crippen molar-refractivity contribution in [3.05, 3.63) is 70.0 Å². The number of nitrogens with one attached hydrogen (secondary N) is 1. The predicted octanol–water partition coefficient (Wildman–Crippen LogP) is 4.67. The van der Waals surface area contributed by atoms with Crippen LogP contribution in [0.15, 0.2) is 42.5 Å². The molecule has 104 valence electrons. The molecule has 2 aromatic carbocycles. The predicted molar refractivity (Wildman–Crippen MR) is 80.7 cm³/mol. The van der Waals surface area contributed by atoms with Gasteiger partial charge in [0.2, 0.25) is 0 Å². The summed E-state index contributed by atoms with van der Waals surface area (Å²) in [4.78, 5) is 0. The van der Waals surface area contributed by atoms with Gasteiger partial charge in [0.05, 0.1) is 5.02 Å². The molecule has 0 aliphatic heterocycles. The first kappa shape index (κ1) is 13.6. The molecular formula is C17H17ClFN. The van der Waals surface area contributed by atoms with E-state index < -0.39 is 0 Å². The minimum atomic E-state index is -0.354. The summed E-state index contributed by atoms with van der Waals surface area (Å²) in [6.45, 7) is 0. The molecule has 0 saturated carbocycles. The molecule has 2 aromatic rings. The molecule has 3 heteroatoms. The molecule has 0 unspecified atom stereocenters. The molecule has 0 radical (unpaired) electrons. The summed E-state index contributed by atoms with van der Waals surface area (Å²) in [6, 6.07) is 14.0. The van der Waals surface area contributed by atoms with E-state index in [2.05, 4.69) is 29.6 Å². The van der Waals surface area contributed by atoms with Gasteiger partial charge in [-0.3, -0.25) is 0 Å². The van der Waals surface area contributed by atoms with E-state index in [9.17, 15) is 4.39 Å². The van der Waals surface area contributed by atoms with E-state index in [4.69, 9.17) is 11.6 Å². The molecule has 0 saturated heterocycles. The fraction of sp³-hybridized carbons (Fsp3) is 0.294. The SMILES string of the molecule is CN[C@H]1CC[C@@H](c2ccc(F)c(Cl)c2)c2ccccc21. The maximum atomic E-state index is 13.3. The Morgan fingerprint density at radius 3 is 2.55 bits per heavy atom. The van der Waals surface area contributed by atoms with Crippen molar-refractivity contribution in [1.82, 2.24) is 5.32 Å². The van der Waals surface area contributed by atoms with Gasteiger partial charge in [0.15, 0.2) is 0 Å². The summed E-state index contributed by atoms with van der Waals surface area (Å²) >= 11 is 5.93. The van der Waals surface area contributed by atoms with Gasteiger partial charge >= 0.3 is 0 Å². The highest BCUT2D eigenvalue weighted by atomic mass is 35.5. The second kappa shape index (κ2) is 5.55. The van der Waals surface area contributed by atoms with Gasteiger partial charge in [-0.15, -0.1) is 0 Å². The van der Waals surface area contributed by atoms with Gasteiger partial charge in [-0.1, -0.05) is 41.9 Å². The highest BCUT2D eigenvalue weighted by Gasteiger charge is 2.27. The van der Waals surface area contributed by atoms with Crippen LogP contribution in [-0.4, -0.2) is 7.05 Å². The molecule has 0 aromatic heterocycles. The molecule has 0 amide bonds. The van der Waals surface area contributed by atoms with Gasteiger partial charge in [-0.05, 0) is 48.7 Å². The molecule has 0 bridgehead atoms. The molecule has 20 heavy (non-hydrogen) atoms. The van der Waals surface area contributed by atoms with Crippen LogP contribution in [0.25, 0.3) is 0 Å². The van der Waals surface area contributed by atoms with Crippen molar-refractivity contribution in [2.24, 2.45) is 0 Å². The van der Waals surface area contributed by atoms with Gasteiger partial charge in [-0.2, -0.15) is 0 Å². The van der Waals surface area contributed by atoms with E-state index in [1.54, 1.807) is 6.07 Å². The quantitative estimate of drug-likeness (QED) is 0.847. The second-order valence-corrected chi connectivity index (χ2v) is 5.68. The minimum Gasteiger partial charge on any atom is -0.313 e. The Kier molecular flexibility index (Phi) is 3.77. The van der Waals surface area contributed by atoms with E-state index in [0.29, 0.717) is 12.0 Å². The van der Waals surface area contributed by atoms with E-state index in [1.807, 2.05) is 13.1 Å². The Hall–Kier alpha value is -1.38. The van der Waals surface area contributed by atoms with E-state index in [1.165, 1.54) is 17.2 Å². The Labute approximate surface area is 123 Å². The zero-order chi connectivity index (χ0) is 14.1. The number of hydrogen-bond acceptors (Lipinski definition) is 1. The standard InChI is InChI=1S/C17H17ClFN/c1-20-17-9-7-12(13-4-2-3-5-14(13)17)11-6-8-16(19)15(18)10-11/h2-6,8,10,12,17,20H,7,9H2,1H3/t12-,17-/m0/s1. The van der Waals surface area contributed by atoms with Gasteiger partial charge in [0, 0.05) is 12.0 Å². The zero-order valence-corrected chi connectivity index (χ0v) is 12.1. The van der Waals surface area contributed by atoms with Crippen LogP contribution in [0.5, 0.6) is 0 Å². The van der Waals surface area contributed by atoms with E-state index in [-0.39, 0.29) is 10.8 Å². The summed E-state index contributed by atoms with van der Waals surface area (Å²) in [5, 5.41) is 3.57. The van der Waals surface area contributed by atoms with Crippen LogP contribution in [0.3, 0.4) is 0 Å². The lowest BCUT2D eigenvalue weighted by atomic mass is 9.77. The number of fused-ring (bicyclic) bond motifs is 1. The molecular weight excluding hydrogens is 273 g/mol. The van der Waals surface area contributed by atoms with Crippen molar-refractivity contribution in [3.8, 4) is 0 Å². The summed E-state index contributed by atoms with van der Waals surface area (Å²) in [7, 11) is 2.00. The fourth-order valence-corrected chi connectivity index (χ4v) is 3.35. The average Bonchev–Trinajstić information content (AvgIpc) is 2.49. The normalized spacial score (nSPS) is 21.6. The van der Waals surface area contributed by atoms with Crippen LogP contribution in [0.1, 0.15) is 41.5 Å². The van der Waals surface area contributed by atoms with E-state index in [0.717, 1.165) is 18.4 Å². The molecule has 1 nitrogen and oxygen atoms in total. The van der Waals surface area contributed by atoms with Crippen LogP contribution in [0, 0.1) is 5.82 Å². The number of hydrogen-bond donors (Lipinski definition) is 1. The van der Waals surface area contributed by atoms with Crippen molar-refractivity contribution < 1.29 is 4.39 Å². The summed E-state index contributed by atoms with van der Waals surface area (Å²) in [5.41, 5.74) is 3.76. The lowest BCUT2D eigenvalue weighted by Crippen LogP contribution is -2.24.